The number of fused-ring (bicyclic) bond motifs is 1. The van der Waals surface area contributed by atoms with E-state index in [2.05, 4.69) is 28.8 Å². The van der Waals surface area contributed by atoms with Gasteiger partial charge in [0.15, 0.2) is 5.75 Å². The number of aryl methyl sites for hydroxylation is 3. The fraction of sp³-hybridized carbons (Fsp3) is 0.344. The molecule has 1 saturated heterocycles. The van der Waals surface area contributed by atoms with Crippen molar-refractivity contribution in [2.24, 2.45) is 7.05 Å². The third-order valence-corrected chi connectivity index (χ3v) is 8.18. The number of nitrogens with zero attached hydrogens (tertiary/aromatic N) is 5. The average Bonchev–Trinajstić information content (AvgIpc) is 3.51. The molecule has 1 aliphatic heterocycles. The van der Waals surface area contributed by atoms with Crippen LogP contribution >= 0.6 is 0 Å². The minimum Gasteiger partial charge on any atom is -0.455 e. The molecule has 5 heterocycles. The number of rotatable bonds is 6. The van der Waals surface area contributed by atoms with Gasteiger partial charge in [0.2, 0.25) is 0 Å². The van der Waals surface area contributed by atoms with Gasteiger partial charge in [-0.2, -0.15) is 5.10 Å². The van der Waals surface area contributed by atoms with Crippen molar-refractivity contribution in [2.75, 3.05) is 20.1 Å². The fourth-order valence-corrected chi connectivity index (χ4v) is 5.92. The van der Waals surface area contributed by atoms with Gasteiger partial charge in [-0.15, -0.1) is 0 Å². The summed E-state index contributed by atoms with van der Waals surface area (Å²) in [7, 11) is 3.77. The van der Waals surface area contributed by atoms with Gasteiger partial charge >= 0.3 is 0 Å². The Kier molecular flexibility index (Phi) is 6.49. The van der Waals surface area contributed by atoms with E-state index in [1.165, 1.54) is 0 Å². The van der Waals surface area contributed by atoms with Gasteiger partial charge in [-0.05, 0) is 58.9 Å². The zero-order chi connectivity index (χ0) is 29.2. The number of hydrogen-bond acceptors (Lipinski definition) is 5. The third-order valence-electron chi connectivity index (χ3n) is 8.18. The molecule has 0 radical (unpaired) electrons. The smallest absolute Gasteiger partial charge is 0.274 e. The summed E-state index contributed by atoms with van der Waals surface area (Å²) < 4.78 is 11.9. The predicted molar refractivity (Wildman–Crippen MR) is 162 cm³/mol. The molecule has 41 heavy (non-hydrogen) atoms. The number of nitrogens with one attached hydrogen (secondary N) is 1. The van der Waals surface area contributed by atoms with Crippen molar-refractivity contribution >= 4 is 10.9 Å². The number of hydrogen-bond donors (Lipinski definition) is 1. The van der Waals surface area contributed by atoms with Crippen molar-refractivity contribution in [3.8, 4) is 33.9 Å². The molecule has 1 N–H and O–H groups in total. The molecule has 0 bridgehead atoms. The lowest BCUT2D eigenvalue weighted by molar-refractivity contribution is 0.137. The molecule has 0 saturated carbocycles. The molecule has 9 nitrogen and oxygen atoms in total. The van der Waals surface area contributed by atoms with Crippen molar-refractivity contribution in [1.29, 1.82) is 0 Å². The summed E-state index contributed by atoms with van der Waals surface area (Å²) in [6.07, 6.45) is 5.46. The van der Waals surface area contributed by atoms with Gasteiger partial charge in [0.25, 0.3) is 11.1 Å². The van der Waals surface area contributed by atoms with Gasteiger partial charge in [0, 0.05) is 66.2 Å². The molecule has 9 heteroatoms. The first-order chi connectivity index (χ1) is 19.5. The van der Waals surface area contributed by atoms with Crippen molar-refractivity contribution in [3.05, 3.63) is 86.5 Å². The van der Waals surface area contributed by atoms with Crippen LogP contribution in [-0.4, -0.2) is 48.9 Å². The number of aromatic amines is 1. The lowest BCUT2D eigenvalue weighted by Gasteiger charge is -2.37. The molecule has 0 spiro atoms. The van der Waals surface area contributed by atoms with Crippen LogP contribution in [0.5, 0.6) is 11.5 Å². The monoisotopic (exact) mass is 552 g/mol. The van der Waals surface area contributed by atoms with Crippen molar-refractivity contribution < 1.29 is 4.74 Å². The highest BCUT2D eigenvalue weighted by Gasteiger charge is 2.28. The second kappa shape index (κ2) is 9.92. The van der Waals surface area contributed by atoms with E-state index in [0.29, 0.717) is 16.8 Å². The molecule has 5 aromatic rings. The Morgan fingerprint density at radius 3 is 2.32 bits per heavy atom. The van der Waals surface area contributed by atoms with E-state index in [1.54, 1.807) is 28.4 Å². The van der Waals surface area contributed by atoms with Gasteiger partial charge in [0.05, 0.1) is 24.1 Å². The zero-order valence-electron chi connectivity index (χ0n) is 24.6. The van der Waals surface area contributed by atoms with Gasteiger partial charge in [0.1, 0.15) is 11.3 Å². The number of aromatic nitrogens is 5. The fourth-order valence-electron chi connectivity index (χ4n) is 5.92. The summed E-state index contributed by atoms with van der Waals surface area (Å²) in [6, 6.07) is 9.96. The summed E-state index contributed by atoms with van der Waals surface area (Å²) in [5.41, 5.74) is 6.37. The first kappa shape index (κ1) is 26.8. The number of likely N-dealkylation sites (N-methyl/N-ethyl adjacent to an activating group) is 1. The number of pyridine rings is 2. The molecule has 1 aliphatic rings. The van der Waals surface area contributed by atoms with Gasteiger partial charge < -0.3 is 23.8 Å². The Hall–Kier alpha value is -4.37. The van der Waals surface area contributed by atoms with Crippen molar-refractivity contribution in [2.45, 2.75) is 46.7 Å². The maximum atomic E-state index is 13.5. The summed E-state index contributed by atoms with van der Waals surface area (Å²) in [5, 5.41) is 5.29. The Balaban J connectivity index is 1.58. The number of para-hydroxylation sites is 1. The average molecular weight is 553 g/mol. The molecular formula is C32H36N6O3. The van der Waals surface area contributed by atoms with Crippen LogP contribution in [0.3, 0.4) is 0 Å². The van der Waals surface area contributed by atoms with Gasteiger partial charge in [-0.25, -0.2) is 0 Å². The van der Waals surface area contributed by atoms with E-state index < -0.39 is 0 Å². The minimum absolute atomic E-state index is 0.0846. The highest BCUT2D eigenvalue weighted by molar-refractivity contribution is 5.98. The summed E-state index contributed by atoms with van der Waals surface area (Å²) >= 11 is 0. The summed E-state index contributed by atoms with van der Waals surface area (Å²) in [4.78, 5) is 32.4. The predicted octanol–water partition coefficient (Wildman–Crippen LogP) is 5.34. The first-order valence-corrected chi connectivity index (χ1v) is 14.0. The van der Waals surface area contributed by atoms with Crippen LogP contribution in [0, 0.1) is 20.8 Å². The SMILES string of the molecule is Cc1cccc(C)c1Oc1cn(C2CN(C)C2)c(=O)cc1-c1cn(C)c(=O)c2[nH]c(-c3cnn(C(C)C)c3C)cc12. The van der Waals surface area contributed by atoms with Gasteiger partial charge in [-0.3, -0.25) is 14.3 Å². The lowest BCUT2D eigenvalue weighted by Crippen LogP contribution is -2.47. The van der Waals surface area contributed by atoms with Crippen LogP contribution in [0.1, 0.15) is 42.8 Å². The molecule has 6 rings (SSSR count). The van der Waals surface area contributed by atoms with Crippen LogP contribution in [0.15, 0.2) is 58.5 Å². The van der Waals surface area contributed by atoms with Crippen molar-refractivity contribution in [1.82, 2.24) is 28.8 Å². The molecule has 0 amide bonds. The van der Waals surface area contributed by atoms with E-state index in [-0.39, 0.29) is 23.2 Å². The topological polar surface area (TPSA) is 90.1 Å². The highest BCUT2D eigenvalue weighted by Crippen LogP contribution is 2.39. The van der Waals surface area contributed by atoms with Crippen molar-refractivity contribution in [3.63, 3.8) is 0 Å². The number of benzene rings is 1. The lowest BCUT2D eigenvalue weighted by atomic mass is 10.0. The normalized spacial score (nSPS) is 14.2. The van der Waals surface area contributed by atoms with Crippen LogP contribution in [0.25, 0.3) is 33.3 Å². The van der Waals surface area contributed by atoms with E-state index in [1.807, 2.05) is 69.2 Å². The Bertz CT molecular complexity index is 1900. The Labute approximate surface area is 238 Å². The minimum atomic E-state index is -0.146. The maximum absolute atomic E-state index is 13.5. The van der Waals surface area contributed by atoms with Crippen LogP contribution < -0.4 is 15.9 Å². The van der Waals surface area contributed by atoms with Crippen LogP contribution in [0.2, 0.25) is 0 Å². The summed E-state index contributed by atoms with van der Waals surface area (Å²) in [6.45, 7) is 11.8. The molecule has 1 fully saturated rings. The largest absolute Gasteiger partial charge is 0.455 e. The highest BCUT2D eigenvalue weighted by atomic mass is 16.5. The number of likely N-dealkylation sites (tertiary alicyclic amines) is 1. The molecule has 1 aromatic carbocycles. The molecule has 0 aliphatic carbocycles. The molecule has 4 aromatic heterocycles. The standard InChI is InChI=1S/C32H36N6O3/c1-18(2)38-21(5)25(13-33-38)27-11-24-26(16-36(7)32(40)30(24)34-27)23-12-29(39)37(22-14-35(6)15-22)17-28(23)41-31-19(3)9-8-10-20(31)4/h8-13,16-18,22,34H,14-15H2,1-7H3. The van der Waals surface area contributed by atoms with E-state index >= 15 is 0 Å². The van der Waals surface area contributed by atoms with Gasteiger partial charge in [-0.1, -0.05) is 18.2 Å². The Morgan fingerprint density at radius 2 is 1.68 bits per heavy atom. The molecule has 0 unspecified atom stereocenters. The maximum Gasteiger partial charge on any atom is 0.274 e. The van der Waals surface area contributed by atoms with E-state index in [9.17, 15) is 9.59 Å². The second-order valence-electron chi connectivity index (χ2n) is 11.6. The molecular weight excluding hydrogens is 516 g/mol. The van der Waals surface area contributed by atoms with Crippen LogP contribution in [-0.2, 0) is 7.05 Å². The number of ether oxygens (including phenoxy) is 1. The zero-order valence-corrected chi connectivity index (χ0v) is 24.6. The molecule has 212 valence electrons. The summed E-state index contributed by atoms with van der Waals surface area (Å²) in [5.74, 6) is 1.33. The van der Waals surface area contributed by atoms with E-state index in [0.717, 1.165) is 57.9 Å². The van der Waals surface area contributed by atoms with E-state index in [4.69, 9.17) is 4.74 Å². The van der Waals surface area contributed by atoms with Crippen LogP contribution in [0.4, 0.5) is 0 Å². The quantitative estimate of drug-likeness (QED) is 0.307. The molecule has 0 atom stereocenters. The third kappa shape index (κ3) is 4.50. The first-order valence-electron chi connectivity index (χ1n) is 14.0. The Morgan fingerprint density at radius 1 is 0.976 bits per heavy atom. The number of H-pyrrole nitrogens is 1. The second-order valence-corrected chi connectivity index (χ2v) is 11.6.